The Morgan fingerprint density at radius 1 is 0.833 bits per heavy atom. The van der Waals surface area contributed by atoms with Crippen molar-refractivity contribution in [1.82, 2.24) is 0 Å². The Morgan fingerprint density at radius 2 is 1.29 bits per heavy atom. The molecule has 1 saturated carbocycles. The minimum atomic E-state index is 0.164. The zero-order valence-corrected chi connectivity index (χ0v) is 16.9. The van der Waals surface area contributed by atoms with Crippen LogP contribution in [-0.4, -0.2) is 57.1 Å². The van der Waals surface area contributed by atoms with E-state index in [1.165, 1.54) is 32.1 Å². The van der Waals surface area contributed by atoms with Gasteiger partial charge in [-0.2, -0.15) is 0 Å². The molecule has 0 radical (unpaired) electrons. The Hall–Kier alpha value is -0.490. The molecule has 1 aliphatic carbocycles. The van der Waals surface area contributed by atoms with Gasteiger partial charge < -0.3 is 19.3 Å². The summed E-state index contributed by atoms with van der Waals surface area (Å²) in [6.07, 6.45) is 7.31. The number of carbonyl (C=O) groups excluding carboxylic acids is 1. The standard InChI is InChI=1S/C14H26O4.2C2H6.CH4O/c1-13(15)7-8-16-9-10-17-11-12-18-14-5-3-2-4-6-14;3*1-2/h14H,2-12H2,1H3;2*1-2H3;2H,1H3. The van der Waals surface area contributed by atoms with Gasteiger partial charge in [0.25, 0.3) is 0 Å². The van der Waals surface area contributed by atoms with Crippen LogP contribution in [-0.2, 0) is 19.0 Å². The fraction of sp³-hybridized carbons (Fsp3) is 0.947. The van der Waals surface area contributed by atoms with Crippen molar-refractivity contribution < 1.29 is 24.1 Å². The molecule has 148 valence electrons. The van der Waals surface area contributed by atoms with Crippen LogP contribution in [0.5, 0.6) is 0 Å². The summed E-state index contributed by atoms with van der Waals surface area (Å²) in [6, 6.07) is 0. The van der Waals surface area contributed by atoms with Crippen molar-refractivity contribution >= 4 is 5.78 Å². The second kappa shape index (κ2) is 27.4. The van der Waals surface area contributed by atoms with Gasteiger partial charge in [0, 0.05) is 13.5 Å². The van der Waals surface area contributed by atoms with E-state index in [0.717, 1.165) is 7.11 Å². The maximum absolute atomic E-state index is 10.6. The molecule has 0 aromatic carbocycles. The maximum Gasteiger partial charge on any atom is 0.132 e. The highest BCUT2D eigenvalue weighted by molar-refractivity contribution is 5.75. The second-order valence-corrected chi connectivity index (χ2v) is 4.81. The van der Waals surface area contributed by atoms with E-state index in [9.17, 15) is 4.79 Å². The molecule has 24 heavy (non-hydrogen) atoms. The van der Waals surface area contributed by atoms with Gasteiger partial charge in [-0.1, -0.05) is 47.0 Å². The molecule has 0 aliphatic heterocycles. The largest absolute Gasteiger partial charge is 0.400 e. The number of aliphatic hydroxyl groups is 1. The fourth-order valence-corrected chi connectivity index (χ4v) is 2.04. The molecular formula is C19H42O5. The SMILES string of the molecule is CC.CC.CC(=O)CCOCCOCCOC1CCCCC1.CO. The molecular weight excluding hydrogens is 308 g/mol. The molecule has 0 atom stereocenters. The second-order valence-electron chi connectivity index (χ2n) is 4.81. The van der Waals surface area contributed by atoms with Gasteiger partial charge in [0.15, 0.2) is 0 Å². The normalized spacial score (nSPS) is 13.5. The van der Waals surface area contributed by atoms with Crippen molar-refractivity contribution in [3.63, 3.8) is 0 Å². The average molecular weight is 351 g/mol. The topological polar surface area (TPSA) is 65.0 Å². The Balaban J connectivity index is -0.000000659. The van der Waals surface area contributed by atoms with Crippen molar-refractivity contribution in [1.29, 1.82) is 0 Å². The van der Waals surface area contributed by atoms with Gasteiger partial charge in [0.05, 0.1) is 39.1 Å². The Morgan fingerprint density at radius 3 is 1.79 bits per heavy atom. The van der Waals surface area contributed by atoms with Crippen molar-refractivity contribution in [2.45, 2.75) is 79.2 Å². The molecule has 0 aromatic rings. The molecule has 0 bridgehead atoms. The quantitative estimate of drug-likeness (QED) is 0.603. The van der Waals surface area contributed by atoms with E-state index in [2.05, 4.69) is 0 Å². The number of ether oxygens (including phenoxy) is 3. The minimum Gasteiger partial charge on any atom is -0.400 e. The number of hydrogen-bond acceptors (Lipinski definition) is 5. The Labute approximate surface area is 150 Å². The summed E-state index contributed by atoms with van der Waals surface area (Å²) < 4.78 is 16.4. The number of ketones is 1. The summed E-state index contributed by atoms with van der Waals surface area (Å²) in [7, 11) is 1.00. The minimum absolute atomic E-state index is 0.164. The first kappa shape index (κ1) is 28.3. The van der Waals surface area contributed by atoms with Crippen LogP contribution in [0.2, 0.25) is 0 Å². The van der Waals surface area contributed by atoms with E-state index in [1.54, 1.807) is 6.92 Å². The van der Waals surface area contributed by atoms with Gasteiger partial charge in [-0.25, -0.2) is 0 Å². The predicted octanol–water partition coefficient (Wildman–Crippen LogP) is 4.01. The predicted molar refractivity (Wildman–Crippen MR) is 101 cm³/mol. The molecule has 5 heteroatoms. The average Bonchev–Trinajstić information content (AvgIpc) is 2.66. The van der Waals surface area contributed by atoms with Crippen molar-refractivity contribution in [3.8, 4) is 0 Å². The molecule has 0 heterocycles. The molecule has 0 aromatic heterocycles. The van der Waals surface area contributed by atoms with E-state index in [4.69, 9.17) is 19.3 Å². The third kappa shape index (κ3) is 23.8. The zero-order chi connectivity index (χ0) is 19.1. The third-order valence-electron chi connectivity index (χ3n) is 3.10. The van der Waals surface area contributed by atoms with E-state index in [-0.39, 0.29) is 5.78 Å². The smallest absolute Gasteiger partial charge is 0.132 e. The van der Waals surface area contributed by atoms with Gasteiger partial charge in [-0.15, -0.1) is 0 Å². The number of carbonyl (C=O) groups is 1. The van der Waals surface area contributed by atoms with Crippen LogP contribution < -0.4 is 0 Å². The van der Waals surface area contributed by atoms with E-state index < -0.39 is 0 Å². The number of hydrogen-bond donors (Lipinski definition) is 1. The summed E-state index contributed by atoms with van der Waals surface area (Å²) in [6.45, 7) is 12.5. The highest BCUT2D eigenvalue weighted by atomic mass is 16.5. The van der Waals surface area contributed by atoms with Crippen LogP contribution in [0.4, 0.5) is 0 Å². The van der Waals surface area contributed by atoms with Crippen LogP contribution in [0.25, 0.3) is 0 Å². The van der Waals surface area contributed by atoms with Gasteiger partial charge >= 0.3 is 0 Å². The Kier molecular flexibility index (Phi) is 32.3. The monoisotopic (exact) mass is 350 g/mol. The van der Waals surface area contributed by atoms with Gasteiger partial charge in [0.2, 0.25) is 0 Å². The molecule has 5 nitrogen and oxygen atoms in total. The first-order chi connectivity index (χ1) is 11.8. The van der Waals surface area contributed by atoms with Crippen LogP contribution in [0, 0.1) is 0 Å². The molecule has 0 saturated heterocycles. The molecule has 1 rings (SSSR count). The number of aliphatic hydroxyl groups excluding tert-OH is 1. The van der Waals surface area contributed by atoms with Gasteiger partial charge in [-0.3, -0.25) is 4.79 Å². The molecule has 1 aliphatic rings. The lowest BCUT2D eigenvalue weighted by atomic mass is 9.98. The summed E-state index contributed by atoms with van der Waals surface area (Å²) in [5.74, 6) is 0.164. The lowest BCUT2D eigenvalue weighted by molar-refractivity contribution is -0.118. The maximum atomic E-state index is 10.6. The first-order valence-corrected chi connectivity index (χ1v) is 9.50. The van der Waals surface area contributed by atoms with Crippen LogP contribution in [0.1, 0.15) is 73.1 Å². The fourth-order valence-electron chi connectivity index (χ4n) is 2.04. The summed E-state index contributed by atoms with van der Waals surface area (Å²) in [4.78, 5) is 10.6. The van der Waals surface area contributed by atoms with Gasteiger partial charge in [-0.05, 0) is 19.8 Å². The van der Waals surface area contributed by atoms with Crippen molar-refractivity contribution in [3.05, 3.63) is 0 Å². The summed E-state index contributed by atoms with van der Waals surface area (Å²) in [5, 5.41) is 7.00. The highest BCUT2D eigenvalue weighted by Gasteiger charge is 2.12. The van der Waals surface area contributed by atoms with Crippen LogP contribution >= 0.6 is 0 Å². The van der Waals surface area contributed by atoms with E-state index in [0.29, 0.717) is 45.6 Å². The lowest BCUT2D eigenvalue weighted by Gasteiger charge is -2.21. The zero-order valence-electron chi connectivity index (χ0n) is 16.9. The number of rotatable bonds is 10. The van der Waals surface area contributed by atoms with Crippen molar-refractivity contribution in [2.24, 2.45) is 0 Å². The highest BCUT2D eigenvalue weighted by Crippen LogP contribution is 2.19. The van der Waals surface area contributed by atoms with Gasteiger partial charge in [0.1, 0.15) is 5.78 Å². The molecule has 0 unspecified atom stereocenters. The third-order valence-corrected chi connectivity index (χ3v) is 3.10. The Bertz CT molecular complexity index is 216. The first-order valence-electron chi connectivity index (χ1n) is 9.50. The van der Waals surface area contributed by atoms with Crippen LogP contribution in [0.15, 0.2) is 0 Å². The number of Topliss-reactive ketones (excluding diaryl/α,β-unsaturated/α-hetero) is 1. The van der Waals surface area contributed by atoms with E-state index in [1.807, 2.05) is 27.7 Å². The summed E-state index contributed by atoms with van der Waals surface area (Å²) in [5.41, 5.74) is 0. The van der Waals surface area contributed by atoms with Crippen molar-refractivity contribution in [2.75, 3.05) is 40.1 Å². The molecule has 0 spiro atoms. The van der Waals surface area contributed by atoms with Crippen LogP contribution in [0.3, 0.4) is 0 Å². The molecule has 1 fully saturated rings. The molecule has 0 amide bonds. The van der Waals surface area contributed by atoms with E-state index >= 15 is 0 Å². The molecule has 1 N–H and O–H groups in total. The lowest BCUT2D eigenvalue weighted by Crippen LogP contribution is -2.19. The summed E-state index contributed by atoms with van der Waals surface area (Å²) >= 11 is 0.